The second-order valence-electron chi connectivity index (χ2n) is 4.91. The highest BCUT2D eigenvalue weighted by molar-refractivity contribution is 5.94. The number of carbonyl (C=O) groups is 1. The van der Waals surface area contributed by atoms with Crippen LogP contribution in [-0.4, -0.2) is 29.1 Å². The average Bonchev–Trinajstić information content (AvgIpc) is 2.85. The van der Waals surface area contributed by atoms with E-state index in [0.717, 1.165) is 35.8 Å². The van der Waals surface area contributed by atoms with Crippen molar-refractivity contribution in [1.82, 2.24) is 15.5 Å². The molecule has 0 atom stereocenters. The third-order valence-corrected chi connectivity index (χ3v) is 3.29. The quantitative estimate of drug-likeness (QED) is 0.767. The smallest absolute Gasteiger partial charge is 0.253 e. The van der Waals surface area contributed by atoms with Crippen molar-refractivity contribution < 1.29 is 9.32 Å². The van der Waals surface area contributed by atoms with Crippen LogP contribution in [0.4, 0.5) is 5.82 Å². The Morgan fingerprint density at radius 3 is 2.82 bits per heavy atom. The van der Waals surface area contributed by atoms with Crippen LogP contribution in [0.1, 0.15) is 27.4 Å². The molecule has 0 spiro atoms. The van der Waals surface area contributed by atoms with Crippen molar-refractivity contribution in [3.05, 3.63) is 53.6 Å². The molecule has 2 heterocycles. The molecule has 1 amide bonds. The van der Waals surface area contributed by atoms with Crippen molar-refractivity contribution in [2.45, 2.75) is 20.3 Å². The van der Waals surface area contributed by atoms with E-state index < -0.39 is 0 Å². The van der Waals surface area contributed by atoms with E-state index in [1.165, 1.54) is 0 Å². The van der Waals surface area contributed by atoms with E-state index in [4.69, 9.17) is 4.52 Å². The molecule has 0 fully saturated rings. The summed E-state index contributed by atoms with van der Waals surface area (Å²) >= 11 is 0. The van der Waals surface area contributed by atoms with Gasteiger partial charge in [0.25, 0.3) is 5.91 Å². The molecule has 116 valence electrons. The molecule has 6 nitrogen and oxygen atoms in total. The van der Waals surface area contributed by atoms with E-state index in [-0.39, 0.29) is 5.91 Å². The van der Waals surface area contributed by atoms with Crippen LogP contribution in [0.3, 0.4) is 0 Å². The number of hydrogen-bond acceptors (Lipinski definition) is 5. The summed E-state index contributed by atoms with van der Waals surface area (Å²) in [4.78, 5) is 16.0. The van der Waals surface area contributed by atoms with Crippen molar-refractivity contribution in [3.8, 4) is 0 Å². The minimum Gasteiger partial charge on any atom is -0.370 e. The van der Waals surface area contributed by atoms with Crippen molar-refractivity contribution in [1.29, 1.82) is 0 Å². The summed E-state index contributed by atoms with van der Waals surface area (Å²) < 4.78 is 5.13. The zero-order chi connectivity index (χ0) is 15.9. The van der Waals surface area contributed by atoms with Crippen LogP contribution in [-0.2, 0) is 6.42 Å². The largest absolute Gasteiger partial charge is 0.370 e. The first kappa shape index (κ1) is 15.8. The fourth-order valence-electron chi connectivity index (χ4n) is 2.07. The topological polar surface area (TPSA) is 80.0 Å². The molecule has 2 aromatic rings. The Bertz CT molecular complexity index is 627. The van der Waals surface area contributed by atoms with E-state index in [1.807, 2.05) is 13.8 Å². The van der Waals surface area contributed by atoms with Gasteiger partial charge in [-0.25, -0.2) is 4.98 Å². The van der Waals surface area contributed by atoms with Gasteiger partial charge >= 0.3 is 0 Å². The molecular formula is C16H20N4O2. The molecule has 0 saturated heterocycles. The Labute approximate surface area is 129 Å². The highest BCUT2D eigenvalue weighted by Crippen LogP contribution is 2.13. The predicted molar refractivity (Wildman–Crippen MR) is 84.9 cm³/mol. The maximum Gasteiger partial charge on any atom is 0.253 e. The van der Waals surface area contributed by atoms with Gasteiger partial charge in [0.15, 0.2) is 0 Å². The molecule has 0 saturated carbocycles. The van der Waals surface area contributed by atoms with Gasteiger partial charge in [-0.2, -0.15) is 0 Å². The van der Waals surface area contributed by atoms with E-state index >= 15 is 0 Å². The van der Waals surface area contributed by atoms with Gasteiger partial charge in [-0.1, -0.05) is 11.2 Å². The molecule has 22 heavy (non-hydrogen) atoms. The van der Waals surface area contributed by atoms with E-state index in [0.29, 0.717) is 12.1 Å². The van der Waals surface area contributed by atoms with Crippen LogP contribution in [0.15, 0.2) is 35.5 Å². The van der Waals surface area contributed by atoms with Crippen LogP contribution >= 0.6 is 0 Å². The Hall–Kier alpha value is -2.63. The number of aryl methyl sites for hydroxylation is 2. The van der Waals surface area contributed by atoms with Crippen LogP contribution in [0, 0.1) is 13.8 Å². The number of hydrogen-bond donors (Lipinski definition) is 2. The molecule has 0 bridgehead atoms. The number of aromatic nitrogens is 2. The number of pyridine rings is 1. The lowest BCUT2D eigenvalue weighted by Gasteiger charge is -2.06. The number of nitrogens with zero attached hydrogens (tertiary/aromatic N) is 2. The van der Waals surface area contributed by atoms with Gasteiger partial charge in [0.1, 0.15) is 11.6 Å². The minimum absolute atomic E-state index is 0.158. The normalized spacial score (nSPS) is 10.3. The predicted octanol–water partition coefficient (Wildman–Crippen LogP) is 2.26. The second-order valence-corrected chi connectivity index (χ2v) is 4.91. The van der Waals surface area contributed by atoms with Gasteiger partial charge in [0.2, 0.25) is 0 Å². The molecule has 2 rings (SSSR count). The van der Waals surface area contributed by atoms with Crippen molar-refractivity contribution >= 4 is 11.7 Å². The molecule has 2 aromatic heterocycles. The number of nitrogens with one attached hydrogen (secondary N) is 2. The summed E-state index contributed by atoms with van der Waals surface area (Å²) in [6.07, 6.45) is 4.00. The van der Waals surface area contributed by atoms with Gasteiger partial charge in [-0.05, 0) is 32.4 Å². The molecular weight excluding hydrogens is 280 g/mol. The highest BCUT2D eigenvalue weighted by Gasteiger charge is 2.08. The van der Waals surface area contributed by atoms with E-state index in [9.17, 15) is 4.79 Å². The Kier molecular flexibility index (Phi) is 5.30. The van der Waals surface area contributed by atoms with Gasteiger partial charge < -0.3 is 15.2 Å². The van der Waals surface area contributed by atoms with E-state index in [2.05, 4.69) is 27.4 Å². The summed E-state index contributed by atoms with van der Waals surface area (Å²) in [7, 11) is 0. The summed E-state index contributed by atoms with van der Waals surface area (Å²) in [5.74, 6) is 1.42. The van der Waals surface area contributed by atoms with Crippen LogP contribution in [0.2, 0.25) is 0 Å². The van der Waals surface area contributed by atoms with Crippen molar-refractivity contribution in [2.75, 3.05) is 18.4 Å². The standard InChI is InChI=1S/C16H20N4O2/c1-4-8-18-16(21)13-5-6-15(19-10-13)17-9-7-14-11(2)20-22-12(14)3/h4-6,10H,1,7-9H2,2-3H3,(H,17,19)(H,18,21). The fraction of sp³-hybridized carbons (Fsp3) is 0.312. The lowest BCUT2D eigenvalue weighted by Crippen LogP contribution is -2.23. The van der Waals surface area contributed by atoms with Crippen molar-refractivity contribution in [3.63, 3.8) is 0 Å². The van der Waals surface area contributed by atoms with Gasteiger partial charge in [0, 0.05) is 24.8 Å². The second kappa shape index (κ2) is 7.40. The van der Waals surface area contributed by atoms with Gasteiger partial charge in [0.05, 0.1) is 11.3 Å². The number of anilines is 1. The van der Waals surface area contributed by atoms with Crippen molar-refractivity contribution in [2.24, 2.45) is 0 Å². The zero-order valence-electron chi connectivity index (χ0n) is 12.8. The van der Waals surface area contributed by atoms with Crippen LogP contribution in [0.5, 0.6) is 0 Å². The van der Waals surface area contributed by atoms with E-state index in [1.54, 1.807) is 24.4 Å². The first-order valence-corrected chi connectivity index (χ1v) is 7.12. The third kappa shape index (κ3) is 3.94. The molecule has 0 aliphatic rings. The Morgan fingerprint density at radius 2 is 2.23 bits per heavy atom. The molecule has 2 N–H and O–H groups in total. The van der Waals surface area contributed by atoms with Gasteiger partial charge in [-0.3, -0.25) is 4.79 Å². The average molecular weight is 300 g/mol. The van der Waals surface area contributed by atoms with Crippen LogP contribution < -0.4 is 10.6 Å². The lowest BCUT2D eigenvalue weighted by molar-refractivity contribution is 0.0957. The number of amides is 1. The monoisotopic (exact) mass is 300 g/mol. The SMILES string of the molecule is C=CCNC(=O)c1ccc(NCCc2c(C)noc2C)nc1. The summed E-state index contributed by atoms with van der Waals surface area (Å²) in [6.45, 7) is 8.56. The molecule has 0 unspecified atom stereocenters. The lowest BCUT2D eigenvalue weighted by atomic mass is 10.1. The molecule has 0 radical (unpaired) electrons. The third-order valence-electron chi connectivity index (χ3n) is 3.29. The maximum absolute atomic E-state index is 11.7. The summed E-state index contributed by atoms with van der Waals surface area (Å²) in [5.41, 5.74) is 2.56. The summed E-state index contributed by atoms with van der Waals surface area (Å²) in [5, 5.41) is 9.85. The fourth-order valence-corrected chi connectivity index (χ4v) is 2.07. The zero-order valence-corrected chi connectivity index (χ0v) is 12.8. The molecule has 0 aliphatic carbocycles. The number of carbonyl (C=O) groups excluding carboxylic acids is 1. The Balaban J connectivity index is 1.86. The molecule has 6 heteroatoms. The molecule has 0 aliphatic heterocycles. The molecule has 0 aromatic carbocycles. The first-order chi connectivity index (χ1) is 10.6. The minimum atomic E-state index is -0.158. The number of rotatable bonds is 7. The summed E-state index contributed by atoms with van der Waals surface area (Å²) in [6, 6.07) is 3.53. The van der Waals surface area contributed by atoms with Crippen LogP contribution in [0.25, 0.3) is 0 Å². The maximum atomic E-state index is 11.7. The Morgan fingerprint density at radius 1 is 1.41 bits per heavy atom. The highest BCUT2D eigenvalue weighted by atomic mass is 16.5. The first-order valence-electron chi connectivity index (χ1n) is 7.12. The van der Waals surface area contributed by atoms with Gasteiger partial charge in [-0.15, -0.1) is 6.58 Å².